The lowest BCUT2D eigenvalue weighted by molar-refractivity contribution is 0.255. The van der Waals surface area contributed by atoms with Gasteiger partial charge in [-0.2, -0.15) is 0 Å². The zero-order valence-corrected chi connectivity index (χ0v) is 19.5. The van der Waals surface area contributed by atoms with Crippen LogP contribution in [0.2, 0.25) is 0 Å². The van der Waals surface area contributed by atoms with Gasteiger partial charge in [-0.15, -0.1) is 10.2 Å². The standard InChI is InChI=1S/C24H27N7OS/c1-16-6-5-12-30(14-16)20-10-9-19-21(25-20)31(18-11-13-29(19)15-18)24(32)26-23-28-27-22(33-23)17-7-3-2-4-8-17/h2-4,7-10,16,18H,5-6,11-15H2,1H3,(H,26,28,32)/t16?,18-/m0/s1. The monoisotopic (exact) mass is 461 g/mol. The van der Waals surface area contributed by atoms with E-state index in [1.165, 1.54) is 24.2 Å². The molecule has 0 aliphatic carbocycles. The van der Waals surface area contributed by atoms with Crippen LogP contribution in [0.4, 0.5) is 27.2 Å². The number of nitrogens with one attached hydrogen (secondary N) is 1. The minimum atomic E-state index is -0.185. The predicted molar refractivity (Wildman–Crippen MR) is 132 cm³/mol. The van der Waals surface area contributed by atoms with Crippen LogP contribution < -0.4 is 20.0 Å². The molecule has 2 fully saturated rings. The number of rotatable bonds is 3. The van der Waals surface area contributed by atoms with E-state index >= 15 is 0 Å². The van der Waals surface area contributed by atoms with E-state index in [0.717, 1.165) is 60.5 Å². The molecule has 2 aromatic heterocycles. The van der Waals surface area contributed by atoms with Gasteiger partial charge in [0.1, 0.15) is 10.8 Å². The zero-order chi connectivity index (χ0) is 22.4. The van der Waals surface area contributed by atoms with Crippen LogP contribution in [0.1, 0.15) is 26.2 Å². The topological polar surface area (TPSA) is 77.5 Å². The summed E-state index contributed by atoms with van der Waals surface area (Å²) >= 11 is 1.39. The number of amides is 2. The Balaban J connectivity index is 1.28. The lowest BCUT2D eigenvalue weighted by Gasteiger charge is -2.37. The molecule has 0 saturated carbocycles. The van der Waals surface area contributed by atoms with E-state index in [1.807, 2.05) is 35.2 Å². The summed E-state index contributed by atoms with van der Waals surface area (Å²) in [6.45, 7) is 6.11. The number of pyridine rings is 1. The van der Waals surface area contributed by atoms with Crippen LogP contribution in [-0.2, 0) is 0 Å². The van der Waals surface area contributed by atoms with Crippen LogP contribution in [0, 0.1) is 5.92 Å². The Labute approximate surface area is 197 Å². The number of carbonyl (C=O) groups is 1. The van der Waals surface area contributed by atoms with E-state index in [-0.39, 0.29) is 12.1 Å². The maximum atomic E-state index is 13.5. The first-order valence-corrected chi connectivity index (χ1v) is 12.5. The van der Waals surface area contributed by atoms with Gasteiger partial charge < -0.3 is 9.80 Å². The molecule has 3 aliphatic rings. The van der Waals surface area contributed by atoms with Crippen LogP contribution in [-0.4, -0.2) is 53.4 Å². The van der Waals surface area contributed by atoms with Crippen LogP contribution in [0.25, 0.3) is 10.6 Å². The molecule has 2 saturated heterocycles. The molecule has 9 heteroatoms. The summed E-state index contributed by atoms with van der Waals surface area (Å²) < 4.78 is 0. The number of nitrogens with zero attached hydrogens (tertiary/aromatic N) is 6. The van der Waals surface area contributed by atoms with Crippen molar-refractivity contribution in [3.05, 3.63) is 42.5 Å². The number of piperidine rings is 1. The summed E-state index contributed by atoms with van der Waals surface area (Å²) in [6, 6.07) is 14.1. The number of fused-ring (bicyclic) bond motifs is 4. The first-order chi connectivity index (χ1) is 16.2. The third kappa shape index (κ3) is 3.80. The molecule has 5 heterocycles. The summed E-state index contributed by atoms with van der Waals surface area (Å²) in [4.78, 5) is 25.1. The van der Waals surface area contributed by atoms with Gasteiger partial charge in [-0.3, -0.25) is 10.2 Å². The van der Waals surface area contributed by atoms with E-state index in [4.69, 9.17) is 4.98 Å². The van der Waals surface area contributed by atoms with Gasteiger partial charge in [-0.05, 0) is 37.3 Å². The number of urea groups is 1. The van der Waals surface area contributed by atoms with E-state index in [1.54, 1.807) is 0 Å². The molecule has 170 valence electrons. The van der Waals surface area contributed by atoms with Crippen molar-refractivity contribution in [2.24, 2.45) is 5.92 Å². The van der Waals surface area contributed by atoms with Crippen LogP contribution >= 0.6 is 11.3 Å². The number of hydrogen-bond acceptors (Lipinski definition) is 7. The lowest BCUT2D eigenvalue weighted by atomic mass is 10.0. The highest BCUT2D eigenvalue weighted by molar-refractivity contribution is 7.18. The first kappa shape index (κ1) is 20.4. The Morgan fingerprint density at radius 3 is 2.76 bits per heavy atom. The summed E-state index contributed by atoms with van der Waals surface area (Å²) in [5.74, 6) is 2.37. The first-order valence-electron chi connectivity index (χ1n) is 11.7. The Morgan fingerprint density at radius 2 is 1.91 bits per heavy atom. The molecule has 0 radical (unpaired) electrons. The number of anilines is 4. The highest BCUT2D eigenvalue weighted by atomic mass is 32.1. The van der Waals surface area contributed by atoms with Gasteiger partial charge in [0.25, 0.3) is 0 Å². The summed E-state index contributed by atoms with van der Waals surface area (Å²) in [6.07, 6.45) is 3.38. The quantitative estimate of drug-likeness (QED) is 0.620. The second-order valence-corrected chi connectivity index (χ2v) is 10.2. The number of benzene rings is 1. The fourth-order valence-corrected chi connectivity index (χ4v) is 5.90. The fraction of sp³-hybridized carbons (Fsp3) is 0.417. The molecule has 2 bridgehead atoms. The molecule has 33 heavy (non-hydrogen) atoms. The smallest absolute Gasteiger partial charge is 0.329 e. The number of aromatic nitrogens is 3. The Bertz CT molecular complexity index is 1170. The number of hydrogen-bond donors (Lipinski definition) is 1. The minimum absolute atomic E-state index is 0.113. The normalized spacial score (nSPS) is 21.8. The highest BCUT2D eigenvalue weighted by Crippen LogP contribution is 2.41. The van der Waals surface area contributed by atoms with Crippen LogP contribution in [0.15, 0.2) is 42.5 Å². The molecule has 2 amide bonds. The SMILES string of the molecule is CC1CCCN(c2ccc3c(n2)N(C(=O)Nc2nnc(-c4ccccc4)s2)[C@H]2CCN3C2)C1. The average Bonchev–Trinajstić information content (AvgIpc) is 3.48. The third-order valence-corrected chi connectivity index (χ3v) is 7.68. The van der Waals surface area contributed by atoms with Crippen molar-refractivity contribution in [3.8, 4) is 10.6 Å². The van der Waals surface area contributed by atoms with Gasteiger partial charge in [0.05, 0.1) is 11.7 Å². The van der Waals surface area contributed by atoms with Gasteiger partial charge in [0, 0.05) is 31.7 Å². The van der Waals surface area contributed by atoms with Gasteiger partial charge in [0.15, 0.2) is 5.82 Å². The molecule has 3 aliphatic heterocycles. The Kier molecular flexibility index (Phi) is 5.13. The van der Waals surface area contributed by atoms with Crippen LogP contribution in [0.5, 0.6) is 0 Å². The molecule has 1 unspecified atom stereocenters. The summed E-state index contributed by atoms with van der Waals surface area (Å²) in [5.41, 5.74) is 2.03. The van der Waals surface area contributed by atoms with Gasteiger partial charge in [-0.25, -0.2) is 9.78 Å². The molecular formula is C24H27N7OS. The predicted octanol–water partition coefficient (Wildman–Crippen LogP) is 4.47. The van der Waals surface area contributed by atoms with Gasteiger partial charge in [-0.1, -0.05) is 48.6 Å². The third-order valence-electron chi connectivity index (χ3n) is 6.80. The molecule has 3 aromatic rings. The summed E-state index contributed by atoms with van der Waals surface area (Å²) in [5, 5.41) is 12.8. The van der Waals surface area contributed by atoms with E-state index in [9.17, 15) is 4.79 Å². The maximum Gasteiger partial charge on any atom is 0.329 e. The van der Waals surface area contributed by atoms with E-state index < -0.39 is 0 Å². The van der Waals surface area contributed by atoms with Gasteiger partial charge >= 0.3 is 6.03 Å². The Morgan fingerprint density at radius 1 is 1.03 bits per heavy atom. The number of carbonyl (C=O) groups excluding carboxylic acids is 1. The van der Waals surface area contributed by atoms with Crippen LogP contribution in [0.3, 0.4) is 0 Å². The van der Waals surface area contributed by atoms with Crippen molar-refractivity contribution >= 4 is 39.8 Å². The molecule has 8 nitrogen and oxygen atoms in total. The maximum absolute atomic E-state index is 13.5. The van der Waals surface area contributed by atoms with E-state index in [2.05, 4.69) is 44.4 Å². The minimum Gasteiger partial charge on any atom is -0.366 e. The molecule has 1 aromatic carbocycles. The van der Waals surface area contributed by atoms with Crippen molar-refractivity contribution < 1.29 is 4.79 Å². The zero-order valence-electron chi connectivity index (χ0n) is 18.6. The van der Waals surface area contributed by atoms with Gasteiger partial charge in [0.2, 0.25) is 5.13 Å². The second-order valence-electron chi connectivity index (χ2n) is 9.17. The van der Waals surface area contributed by atoms with Crippen molar-refractivity contribution in [2.75, 3.05) is 46.2 Å². The van der Waals surface area contributed by atoms with Crippen molar-refractivity contribution in [1.82, 2.24) is 15.2 Å². The molecule has 1 N–H and O–H groups in total. The Hall–Kier alpha value is -3.20. The summed E-state index contributed by atoms with van der Waals surface area (Å²) in [7, 11) is 0. The highest BCUT2D eigenvalue weighted by Gasteiger charge is 2.40. The van der Waals surface area contributed by atoms with Crippen molar-refractivity contribution in [2.45, 2.75) is 32.2 Å². The molecule has 0 spiro atoms. The molecule has 6 rings (SSSR count). The average molecular weight is 462 g/mol. The lowest BCUT2D eigenvalue weighted by Crippen LogP contribution is -2.48. The van der Waals surface area contributed by atoms with Crippen molar-refractivity contribution in [3.63, 3.8) is 0 Å². The molecule has 2 atom stereocenters. The fourth-order valence-electron chi connectivity index (χ4n) is 5.16. The van der Waals surface area contributed by atoms with Crippen molar-refractivity contribution in [1.29, 1.82) is 0 Å². The largest absolute Gasteiger partial charge is 0.366 e. The van der Waals surface area contributed by atoms with E-state index in [0.29, 0.717) is 11.0 Å². The molecular weight excluding hydrogens is 434 g/mol. The second kappa shape index (κ2) is 8.30.